The molecule has 2 aliphatic rings. The van der Waals surface area contributed by atoms with Crippen LogP contribution >= 0.6 is 0 Å². The summed E-state index contributed by atoms with van der Waals surface area (Å²) in [5.74, 6) is -0.0910. The molecule has 0 atom stereocenters. The molecule has 0 saturated carbocycles. The van der Waals surface area contributed by atoms with Gasteiger partial charge in [-0.2, -0.15) is 0 Å². The molecule has 2 aromatic carbocycles. The van der Waals surface area contributed by atoms with Crippen LogP contribution in [0.1, 0.15) is 28.7 Å². The Labute approximate surface area is 170 Å². The van der Waals surface area contributed by atoms with Gasteiger partial charge in [-0.1, -0.05) is 18.2 Å². The number of carbonyl (C=O) groups is 1. The van der Waals surface area contributed by atoms with Gasteiger partial charge in [0.15, 0.2) is 0 Å². The standard InChI is InChI=1S/C23H25FN2O3/c1-26(10-11-28-2)9-3-4-15-5-7-18-16(12-15)14-29-22(18)21-19-13-17(24)6-8-20(19)25-23(21)27/h5-8,12-13H,3-4,9-11,14H2,1-2H3,(H,25,27). The monoisotopic (exact) mass is 396 g/mol. The molecule has 29 heavy (non-hydrogen) atoms. The highest BCUT2D eigenvalue weighted by Gasteiger charge is 2.32. The van der Waals surface area contributed by atoms with E-state index in [1.807, 2.05) is 6.07 Å². The second-order valence-electron chi connectivity index (χ2n) is 7.53. The van der Waals surface area contributed by atoms with E-state index >= 15 is 0 Å². The molecule has 0 spiro atoms. The minimum Gasteiger partial charge on any atom is -0.487 e. The van der Waals surface area contributed by atoms with E-state index in [1.54, 1.807) is 13.2 Å². The minimum atomic E-state index is -0.373. The number of halogens is 1. The maximum absolute atomic E-state index is 13.7. The lowest BCUT2D eigenvalue weighted by Gasteiger charge is -2.15. The zero-order valence-corrected chi connectivity index (χ0v) is 16.8. The molecule has 4 rings (SSSR count). The number of nitrogens with one attached hydrogen (secondary N) is 1. The van der Waals surface area contributed by atoms with E-state index in [0.29, 0.717) is 29.2 Å². The van der Waals surface area contributed by atoms with E-state index in [9.17, 15) is 9.18 Å². The van der Waals surface area contributed by atoms with Crippen molar-refractivity contribution in [2.24, 2.45) is 0 Å². The Hall–Kier alpha value is -2.70. The van der Waals surface area contributed by atoms with Crippen molar-refractivity contribution >= 4 is 22.9 Å². The first-order valence-corrected chi connectivity index (χ1v) is 9.85. The van der Waals surface area contributed by atoms with Crippen molar-refractivity contribution in [1.82, 2.24) is 4.90 Å². The fourth-order valence-electron chi connectivity index (χ4n) is 3.85. The molecular weight excluding hydrogens is 371 g/mol. The number of hydrogen-bond donors (Lipinski definition) is 1. The normalized spacial score (nSPS) is 17.3. The number of anilines is 1. The van der Waals surface area contributed by atoms with Gasteiger partial charge in [0, 0.05) is 36.0 Å². The highest BCUT2D eigenvalue weighted by Crippen LogP contribution is 2.41. The summed E-state index contributed by atoms with van der Waals surface area (Å²) in [7, 11) is 3.82. The summed E-state index contributed by atoms with van der Waals surface area (Å²) in [6.45, 7) is 3.10. The number of carbonyl (C=O) groups excluding carboxylic acids is 1. The number of rotatable bonds is 7. The van der Waals surface area contributed by atoms with Crippen molar-refractivity contribution in [2.75, 3.05) is 39.2 Å². The molecule has 1 amide bonds. The molecule has 152 valence electrons. The third-order valence-electron chi connectivity index (χ3n) is 5.42. The maximum atomic E-state index is 13.7. The summed E-state index contributed by atoms with van der Waals surface area (Å²) in [6, 6.07) is 10.6. The van der Waals surface area contributed by atoms with Crippen LogP contribution in [0.15, 0.2) is 36.4 Å². The Morgan fingerprint density at radius 1 is 1.17 bits per heavy atom. The SMILES string of the molecule is COCCN(C)CCCc1ccc2c(c1)COC2=C1C(=O)Nc2ccc(F)cc21. The lowest BCUT2D eigenvalue weighted by molar-refractivity contribution is -0.110. The van der Waals surface area contributed by atoms with E-state index in [2.05, 4.69) is 29.4 Å². The number of ether oxygens (including phenoxy) is 2. The molecule has 0 unspecified atom stereocenters. The molecule has 0 aromatic heterocycles. The molecule has 1 N–H and O–H groups in total. The van der Waals surface area contributed by atoms with Crippen LogP contribution in [0.2, 0.25) is 0 Å². The summed E-state index contributed by atoms with van der Waals surface area (Å²) in [5, 5.41) is 2.79. The van der Waals surface area contributed by atoms with Crippen molar-refractivity contribution in [3.63, 3.8) is 0 Å². The Morgan fingerprint density at radius 3 is 2.86 bits per heavy atom. The third-order valence-corrected chi connectivity index (χ3v) is 5.42. The Morgan fingerprint density at radius 2 is 2.03 bits per heavy atom. The molecule has 0 bridgehead atoms. The van der Waals surface area contributed by atoms with Gasteiger partial charge in [0.2, 0.25) is 0 Å². The fraction of sp³-hybridized carbons (Fsp3) is 0.348. The van der Waals surface area contributed by atoms with Gasteiger partial charge in [0.05, 0.1) is 12.2 Å². The molecule has 0 fully saturated rings. The molecule has 0 saturated heterocycles. The number of nitrogens with zero attached hydrogens (tertiary/aromatic N) is 1. The van der Waals surface area contributed by atoms with Crippen molar-refractivity contribution in [2.45, 2.75) is 19.4 Å². The van der Waals surface area contributed by atoms with Crippen LogP contribution in [0.3, 0.4) is 0 Å². The van der Waals surface area contributed by atoms with E-state index in [4.69, 9.17) is 9.47 Å². The van der Waals surface area contributed by atoms with Gasteiger partial charge in [0.25, 0.3) is 5.91 Å². The second-order valence-corrected chi connectivity index (χ2v) is 7.53. The van der Waals surface area contributed by atoms with Crippen molar-refractivity contribution in [1.29, 1.82) is 0 Å². The number of likely N-dealkylation sites (N-methyl/N-ethyl adjacent to an activating group) is 1. The topological polar surface area (TPSA) is 50.8 Å². The van der Waals surface area contributed by atoms with Crippen LogP contribution < -0.4 is 5.32 Å². The van der Waals surface area contributed by atoms with Gasteiger partial charge in [-0.15, -0.1) is 0 Å². The Bertz CT molecular complexity index is 971. The van der Waals surface area contributed by atoms with Crippen LogP contribution in [0.5, 0.6) is 0 Å². The average molecular weight is 396 g/mol. The van der Waals surface area contributed by atoms with Gasteiger partial charge in [-0.25, -0.2) is 4.39 Å². The zero-order chi connectivity index (χ0) is 20.4. The van der Waals surface area contributed by atoms with Crippen molar-refractivity contribution in [3.05, 3.63) is 64.5 Å². The van der Waals surface area contributed by atoms with Gasteiger partial charge in [-0.3, -0.25) is 4.79 Å². The molecule has 0 radical (unpaired) electrons. The molecular formula is C23H25FN2O3. The van der Waals surface area contributed by atoms with Gasteiger partial charge in [-0.05, 0) is 50.2 Å². The highest BCUT2D eigenvalue weighted by molar-refractivity contribution is 6.36. The summed E-state index contributed by atoms with van der Waals surface area (Å²) in [6.07, 6.45) is 2.04. The number of fused-ring (bicyclic) bond motifs is 2. The van der Waals surface area contributed by atoms with Crippen molar-refractivity contribution < 1.29 is 18.7 Å². The van der Waals surface area contributed by atoms with Gasteiger partial charge in [0.1, 0.15) is 18.2 Å². The number of amides is 1. The Kier molecular flexibility index (Phi) is 5.65. The summed E-state index contributed by atoms with van der Waals surface area (Å²) < 4.78 is 24.7. The molecule has 2 aromatic rings. The van der Waals surface area contributed by atoms with Crippen LogP contribution in [0.25, 0.3) is 11.3 Å². The quantitative estimate of drug-likeness (QED) is 0.726. The first-order chi connectivity index (χ1) is 14.1. The lowest BCUT2D eigenvalue weighted by atomic mass is 9.98. The largest absolute Gasteiger partial charge is 0.487 e. The van der Waals surface area contributed by atoms with Crippen LogP contribution in [0.4, 0.5) is 10.1 Å². The second kappa shape index (κ2) is 8.35. The van der Waals surface area contributed by atoms with Crippen LogP contribution in [0, 0.1) is 5.82 Å². The summed E-state index contributed by atoms with van der Waals surface area (Å²) >= 11 is 0. The summed E-state index contributed by atoms with van der Waals surface area (Å²) in [5.41, 5.74) is 4.81. The van der Waals surface area contributed by atoms with E-state index in [0.717, 1.165) is 43.7 Å². The third kappa shape index (κ3) is 4.04. The number of hydrogen-bond acceptors (Lipinski definition) is 4. The maximum Gasteiger partial charge on any atom is 0.260 e. The molecule has 2 aliphatic heterocycles. The molecule has 6 heteroatoms. The number of benzene rings is 2. The number of aryl methyl sites for hydroxylation is 1. The summed E-state index contributed by atoms with van der Waals surface area (Å²) in [4.78, 5) is 14.8. The van der Waals surface area contributed by atoms with E-state index in [-0.39, 0.29) is 11.7 Å². The van der Waals surface area contributed by atoms with Crippen LogP contribution in [-0.2, 0) is 27.3 Å². The first kappa shape index (κ1) is 19.6. The van der Waals surface area contributed by atoms with E-state index in [1.165, 1.54) is 17.7 Å². The van der Waals surface area contributed by atoms with Crippen molar-refractivity contribution in [3.8, 4) is 0 Å². The predicted octanol–water partition coefficient (Wildman–Crippen LogP) is 3.69. The first-order valence-electron chi connectivity index (χ1n) is 9.85. The predicted molar refractivity (Wildman–Crippen MR) is 111 cm³/mol. The van der Waals surface area contributed by atoms with Gasteiger partial charge >= 0.3 is 0 Å². The molecule has 2 heterocycles. The smallest absolute Gasteiger partial charge is 0.260 e. The van der Waals surface area contributed by atoms with E-state index < -0.39 is 0 Å². The lowest BCUT2D eigenvalue weighted by Crippen LogP contribution is -2.24. The average Bonchev–Trinajstić information content (AvgIpc) is 3.25. The Balaban J connectivity index is 1.52. The zero-order valence-electron chi connectivity index (χ0n) is 16.8. The molecule has 5 nitrogen and oxygen atoms in total. The number of methoxy groups -OCH3 is 1. The molecule has 0 aliphatic carbocycles. The van der Waals surface area contributed by atoms with Crippen LogP contribution in [-0.4, -0.2) is 44.7 Å². The highest BCUT2D eigenvalue weighted by atomic mass is 19.1. The van der Waals surface area contributed by atoms with Gasteiger partial charge < -0.3 is 19.7 Å². The minimum absolute atomic E-state index is 0.253. The fourth-order valence-corrected chi connectivity index (χ4v) is 3.85.